The Morgan fingerprint density at radius 2 is 1.73 bits per heavy atom. The van der Waals surface area contributed by atoms with Crippen LogP contribution in [-0.4, -0.2) is 20.1 Å². The first-order valence-electron chi connectivity index (χ1n) is 7.31. The van der Waals surface area contributed by atoms with Crippen LogP contribution in [0.15, 0.2) is 29.2 Å². The van der Waals surface area contributed by atoms with Crippen molar-refractivity contribution in [3.05, 3.63) is 24.3 Å². The van der Waals surface area contributed by atoms with E-state index in [-0.39, 0.29) is 5.91 Å². The van der Waals surface area contributed by atoms with Crippen molar-refractivity contribution in [1.29, 1.82) is 0 Å². The van der Waals surface area contributed by atoms with Crippen molar-refractivity contribution in [2.45, 2.75) is 49.2 Å². The van der Waals surface area contributed by atoms with Gasteiger partial charge >= 0.3 is 5.76 Å². The summed E-state index contributed by atoms with van der Waals surface area (Å²) in [5.74, 6) is -3.18. The molecule has 1 aliphatic carbocycles. The van der Waals surface area contributed by atoms with Gasteiger partial charge in [-0.25, -0.2) is 8.42 Å². The molecule has 0 aliphatic heterocycles. The smallest absolute Gasteiger partial charge is 0.326 e. The van der Waals surface area contributed by atoms with Crippen LogP contribution in [0.2, 0.25) is 0 Å². The number of rotatable bonds is 5. The first kappa shape index (κ1) is 16.9. The number of amides is 1. The van der Waals surface area contributed by atoms with Gasteiger partial charge in [0.05, 0.1) is 4.90 Å². The Balaban J connectivity index is 1.95. The van der Waals surface area contributed by atoms with Gasteiger partial charge in [0.25, 0.3) is 0 Å². The van der Waals surface area contributed by atoms with E-state index in [9.17, 15) is 22.0 Å². The normalized spacial score (nSPS) is 16.7. The molecule has 0 heterocycles. The van der Waals surface area contributed by atoms with Gasteiger partial charge in [-0.3, -0.25) is 4.79 Å². The molecular formula is C15H19F2NO3S. The van der Waals surface area contributed by atoms with Gasteiger partial charge in [-0.05, 0) is 43.0 Å². The maximum atomic E-state index is 12.4. The Kier molecular flexibility index (Phi) is 5.50. The van der Waals surface area contributed by atoms with Gasteiger partial charge in [-0.2, -0.15) is 8.78 Å². The molecule has 0 radical (unpaired) electrons. The molecule has 0 saturated heterocycles. The zero-order chi connectivity index (χ0) is 16.2. The first-order valence-corrected chi connectivity index (χ1v) is 8.86. The molecule has 1 aromatic rings. The fourth-order valence-electron chi connectivity index (χ4n) is 2.70. The number of benzene rings is 1. The Morgan fingerprint density at radius 1 is 1.14 bits per heavy atom. The summed E-state index contributed by atoms with van der Waals surface area (Å²) < 4.78 is 47.4. The summed E-state index contributed by atoms with van der Waals surface area (Å²) in [6.45, 7) is 0. The van der Waals surface area contributed by atoms with E-state index in [2.05, 4.69) is 5.32 Å². The van der Waals surface area contributed by atoms with E-state index in [4.69, 9.17) is 0 Å². The summed E-state index contributed by atoms with van der Waals surface area (Å²) in [5, 5.41) is 2.68. The van der Waals surface area contributed by atoms with Gasteiger partial charge in [-0.15, -0.1) is 0 Å². The number of sulfone groups is 1. The lowest BCUT2D eigenvalue weighted by atomic mass is 9.87. The van der Waals surface area contributed by atoms with Crippen LogP contribution in [0.5, 0.6) is 0 Å². The third-order valence-corrected chi connectivity index (χ3v) is 5.30. The van der Waals surface area contributed by atoms with Crippen LogP contribution in [-0.2, 0) is 14.6 Å². The number of alkyl halides is 2. The van der Waals surface area contributed by atoms with Gasteiger partial charge in [0.15, 0.2) is 0 Å². The first-order chi connectivity index (χ1) is 10.4. The molecule has 2 rings (SSSR count). The summed E-state index contributed by atoms with van der Waals surface area (Å²) in [6, 6.07) is 4.82. The molecular weight excluding hydrogens is 312 g/mol. The summed E-state index contributed by atoms with van der Waals surface area (Å²) in [6.07, 6.45) is 6.07. The van der Waals surface area contributed by atoms with E-state index >= 15 is 0 Å². The van der Waals surface area contributed by atoms with Crippen molar-refractivity contribution >= 4 is 21.4 Å². The minimum absolute atomic E-state index is 0.128. The SMILES string of the molecule is O=C(CC1CCCCC1)Nc1ccc(S(=O)(=O)C(F)F)cc1. The predicted molar refractivity (Wildman–Crippen MR) is 79.5 cm³/mol. The van der Waals surface area contributed by atoms with Crippen molar-refractivity contribution < 1.29 is 22.0 Å². The highest BCUT2D eigenvalue weighted by molar-refractivity contribution is 7.91. The molecule has 1 N–H and O–H groups in total. The van der Waals surface area contributed by atoms with Crippen LogP contribution in [0.3, 0.4) is 0 Å². The second-order valence-corrected chi connectivity index (χ2v) is 7.50. The van der Waals surface area contributed by atoms with E-state index in [0.717, 1.165) is 37.8 Å². The van der Waals surface area contributed by atoms with Gasteiger partial charge < -0.3 is 5.32 Å². The van der Waals surface area contributed by atoms with Crippen LogP contribution < -0.4 is 5.32 Å². The fraction of sp³-hybridized carbons (Fsp3) is 0.533. The number of nitrogens with one attached hydrogen (secondary N) is 1. The van der Waals surface area contributed by atoms with Gasteiger partial charge in [0.1, 0.15) is 0 Å². The molecule has 1 aliphatic rings. The quantitative estimate of drug-likeness (QED) is 0.897. The standard InChI is InChI=1S/C15H19F2NO3S/c16-15(17)22(20,21)13-8-6-12(7-9-13)18-14(19)10-11-4-2-1-3-5-11/h6-9,11,15H,1-5,10H2,(H,18,19). The lowest BCUT2D eigenvalue weighted by Crippen LogP contribution is -2.18. The zero-order valence-electron chi connectivity index (χ0n) is 12.1. The third kappa shape index (κ3) is 4.25. The van der Waals surface area contributed by atoms with Gasteiger partial charge in [0, 0.05) is 12.1 Å². The summed E-state index contributed by atoms with van der Waals surface area (Å²) in [5.41, 5.74) is 0.411. The molecule has 7 heteroatoms. The van der Waals surface area contributed by atoms with Crippen molar-refractivity contribution in [2.24, 2.45) is 5.92 Å². The molecule has 1 amide bonds. The second-order valence-electron chi connectivity index (χ2n) is 5.59. The van der Waals surface area contributed by atoms with Crippen molar-refractivity contribution in [3.8, 4) is 0 Å². The van der Waals surface area contributed by atoms with E-state index in [1.54, 1.807) is 0 Å². The topological polar surface area (TPSA) is 63.2 Å². The highest BCUT2D eigenvalue weighted by Gasteiger charge is 2.26. The summed E-state index contributed by atoms with van der Waals surface area (Å²) in [7, 11) is -4.59. The minimum atomic E-state index is -4.59. The Labute approximate surface area is 128 Å². The predicted octanol–water partition coefficient (Wildman–Crippen LogP) is 3.59. The Bertz CT molecular complexity index is 608. The summed E-state index contributed by atoms with van der Waals surface area (Å²) >= 11 is 0. The zero-order valence-corrected chi connectivity index (χ0v) is 12.9. The molecule has 0 spiro atoms. The molecule has 1 aromatic carbocycles. The number of hydrogen-bond acceptors (Lipinski definition) is 3. The number of anilines is 1. The Hall–Kier alpha value is -1.50. The maximum Gasteiger partial charge on any atom is 0.341 e. The molecule has 122 valence electrons. The number of halogens is 2. The molecule has 1 saturated carbocycles. The minimum Gasteiger partial charge on any atom is -0.326 e. The van der Waals surface area contributed by atoms with Crippen LogP contribution in [0.4, 0.5) is 14.5 Å². The van der Waals surface area contributed by atoms with Gasteiger partial charge in [-0.1, -0.05) is 19.3 Å². The average molecular weight is 331 g/mol. The van der Waals surface area contributed by atoms with Crippen molar-refractivity contribution in [3.63, 3.8) is 0 Å². The van der Waals surface area contributed by atoms with E-state index in [0.29, 0.717) is 18.0 Å². The number of carbonyl (C=O) groups excluding carboxylic acids is 1. The molecule has 0 bridgehead atoms. The molecule has 4 nitrogen and oxygen atoms in total. The molecule has 0 aromatic heterocycles. The second kappa shape index (κ2) is 7.17. The molecule has 22 heavy (non-hydrogen) atoms. The van der Waals surface area contributed by atoms with Crippen molar-refractivity contribution in [2.75, 3.05) is 5.32 Å². The highest BCUT2D eigenvalue weighted by atomic mass is 32.2. The largest absolute Gasteiger partial charge is 0.341 e. The van der Waals surface area contributed by atoms with Gasteiger partial charge in [0.2, 0.25) is 15.7 Å². The maximum absolute atomic E-state index is 12.4. The lowest BCUT2D eigenvalue weighted by Gasteiger charge is -2.20. The Morgan fingerprint density at radius 3 is 2.27 bits per heavy atom. The fourth-order valence-corrected chi connectivity index (χ4v) is 3.42. The average Bonchev–Trinajstić information content (AvgIpc) is 2.48. The van der Waals surface area contributed by atoms with Crippen molar-refractivity contribution in [1.82, 2.24) is 0 Å². The molecule has 0 atom stereocenters. The lowest BCUT2D eigenvalue weighted by molar-refractivity contribution is -0.117. The van der Waals surface area contributed by atoms with Crippen LogP contribution in [0.1, 0.15) is 38.5 Å². The molecule has 1 fully saturated rings. The van der Waals surface area contributed by atoms with E-state index < -0.39 is 20.5 Å². The number of hydrogen-bond donors (Lipinski definition) is 1. The van der Waals surface area contributed by atoms with Crippen LogP contribution in [0.25, 0.3) is 0 Å². The van der Waals surface area contributed by atoms with Crippen LogP contribution in [0, 0.1) is 5.92 Å². The summed E-state index contributed by atoms with van der Waals surface area (Å²) in [4.78, 5) is 11.5. The highest BCUT2D eigenvalue weighted by Crippen LogP contribution is 2.27. The monoisotopic (exact) mass is 331 g/mol. The molecule has 0 unspecified atom stereocenters. The van der Waals surface area contributed by atoms with E-state index in [1.165, 1.54) is 18.6 Å². The van der Waals surface area contributed by atoms with Crippen LogP contribution >= 0.6 is 0 Å². The third-order valence-electron chi connectivity index (χ3n) is 3.90. The number of carbonyl (C=O) groups is 1. The van der Waals surface area contributed by atoms with E-state index in [1.807, 2.05) is 0 Å².